The third kappa shape index (κ3) is 4.59. The van der Waals surface area contributed by atoms with Gasteiger partial charge in [-0.2, -0.15) is 0 Å². The molecule has 0 aliphatic rings. The summed E-state index contributed by atoms with van der Waals surface area (Å²) in [5.41, 5.74) is 0.675. The predicted octanol–water partition coefficient (Wildman–Crippen LogP) is 0.197. The number of hydrogen-bond donors (Lipinski definition) is 2. The van der Waals surface area contributed by atoms with Crippen LogP contribution in [0.15, 0.2) is 24.3 Å². The van der Waals surface area contributed by atoms with Crippen LogP contribution in [0.2, 0.25) is 0 Å². The standard InChI is InChI=1S/C10H13NO5S/c12-5-10(13)7-17(16)6-8-1-3-9(4-2-8)11(14)15/h1-4,10,12-13H,5-7H2. The van der Waals surface area contributed by atoms with Gasteiger partial charge in [-0.3, -0.25) is 14.3 Å². The number of nitrogens with zero attached hydrogens (tertiary/aromatic N) is 1. The SMILES string of the molecule is O=[N+]([O-])c1ccc(CS(=O)CC(O)CO)cc1. The first-order valence-electron chi connectivity index (χ1n) is 4.90. The summed E-state index contributed by atoms with van der Waals surface area (Å²) < 4.78 is 11.5. The number of nitro benzene ring substituents is 1. The summed E-state index contributed by atoms with van der Waals surface area (Å²) in [6.07, 6.45) is -0.992. The van der Waals surface area contributed by atoms with E-state index in [-0.39, 0.29) is 17.2 Å². The van der Waals surface area contributed by atoms with Gasteiger partial charge in [0.15, 0.2) is 0 Å². The van der Waals surface area contributed by atoms with E-state index in [1.807, 2.05) is 0 Å². The van der Waals surface area contributed by atoms with Crippen molar-refractivity contribution in [2.75, 3.05) is 12.4 Å². The van der Waals surface area contributed by atoms with Crippen molar-refractivity contribution in [3.8, 4) is 0 Å². The van der Waals surface area contributed by atoms with Gasteiger partial charge in [0.25, 0.3) is 5.69 Å². The summed E-state index contributed by atoms with van der Waals surface area (Å²) in [6, 6.07) is 5.74. The highest BCUT2D eigenvalue weighted by molar-refractivity contribution is 7.84. The minimum atomic E-state index is -1.30. The Morgan fingerprint density at radius 3 is 2.41 bits per heavy atom. The van der Waals surface area contributed by atoms with Crippen LogP contribution < -0.4 is 0 Å². The largest absolute Gasteiger partial charge is 0.394 e. The molecule has 0 spiro atoms. The fourth-order valence-electron chi connectivity index (χ4n) is 1.23. The minimum Gasteiger partial charge on any atom is -0.394 e. The average molecular weight is 259 g/mol. The Morgan fingerprint density at radius 1 is 1.35 bits per heavy atom. The Balaban J connectivity index is 2.57. The van der Waals surface area contributed by atoms with Gasteiger partial charge in [-0.25, -0.2) is 0 Å². The zero-order valence-electron chi connectivity index (χ0n) is 8.98. The fraction of sp³-hybridized carbons (Fsp3) is 0.400. The van der Waals surface area contributed by atoms with Crippen molar-refractivity contribution in [1.29, 1.82) is 0 Å². The van der Waals surface area contributed by atoms with Gasteiger partial charge >= 0.3 is 0 Å². The van der Waals surface area contributed by atoms with E-state index in [9.17, 15) is 14.3 Å². The highest BCUT2D eigenvalue weighted by atomic mass is 32.2. The van der Waals surface area contributed by atoms with E-state index in [4.69, 9.17) is 10.2 Å². The maximum Gasteiger partial charge on any atom is 0.269 e. The summed E-state index contributed by atoms with van der Waals surface area (Å²) in [5.74, 6) is 0.197. The fourth-order valence-corrected chi connectivity index (χ4v) is 2.44. The molecule has 1 aromatic rings. The maximum atomic E-state index is 11.5. The van der Waals surface area contributed by atoms with Crippen LogP contribution in [0.3, 0.4) is 0 Å². The number of aliphatic hydroxyl groups is 2. The van der Waals surface area contributed by atoms with Crippen molar-refractivity contribution < 1.29 is 19.3 Å². The lowest BCUT2D eigenvalue weighted by atomic mass is 10.2. The first-order chi connectivity index (χ1) is 8.02. The van der Waals surface area contributed by atoms with Crippen LogP contribution in [0.4, 0.5) is 5.69 Å². The molecule has 0 radical (unpaired) electrons. The van der Waals surface area contributed by atoms with Crippen LogP contribution in [-0.2, 0) is 16.6 Å². The van der Waals surface area contributed by atoms with Crippen molar-refractivity contribution in [3.63, 3.8) is 0 Å². The zero-order chi connectivity index (χ0) is 12.8. The first-order valence-corrected chi connectivity index (χ1v) is 6.39. The lowest BCUT2D eigenvalue weighted by Gasteiger charge is -2.06. The topological polar surface area (TPSA) is 101 Å². The number of rotatable bonds is 6. The third-order valence-electron chi connectivity index (χ3n) is 2.06. The van der Waals surface area contributed by atoms with Crippen LogP contribution in [0.1, 0.15) is 5.56 Å². The van der Waals surface area contributed by atoms with Crippen molar-refractivity contribution in [2.24, 2.45) is 0 Å². The van der Waals surface area contributed by atoms with E-state index in [0.717, 1.165) is 0 Å². The van der Waals surface area contributed by atoms with Gasteiger partial charge in [0.05, 0.1) is 23.4 Å². The summed E-state index contributed by atoms with van der Waals surface area (Å²) in [5, 5.41) is 28.1. The zero-order valence-corrected chi connectivity index (χ0v) is 9.80. The molecule has 0 saturated heterocycles. The normalized spacial score (nSPS) is 14.2. The first kappa shape index (κ1) is 13.8. The molecule has 0 amide bonds. The second-order valence-electron chi connectivity index (χ2n) is 3.51. The molecule has 7 heteroatoms. The minimum absolute atomic E-state index is 0.00646. The molecule has 1 aromatic carbocycles. The Morgan fingerprint density at radius 2 is 1.94 bits per heavy atom. The van der Waals surface area contributed by atoms with E-state index in [0.29, 0.717) is 5.56 Å². The van der Waals surface area contributed by atoms with E-state index in [1.54, 1.807) is 0 Å². The van der Waals surface area contributed by atoms with Gasteiger partial charge in [-0.1, -0.05) is 12.1 Å². The van der Waals surface area contributed by atoms with E-state index >= 15 is 0 Å². The quantitative estimate of drug-likeness (QED) is 0.561. The number of aliphatic hydroxyl groups excluding tert-OH is 2. The average Bonchev–Trinajstić information content (AvgIpc) is 2.29. The van der Waals surface area contributed by atoms with E-state index in [1.165, 1.54) is 24.3 Å². The van der Waals surface area contributed by atoms with Gasteiger partial charge in [0.1, 0.15) is 0 Å². The van der Waals surface area contributed by atoms with Crippen LogP contribution in [0.5, 0.6) is 0 Å². The molecule has 2 N–H and O–H groups in total. The van der Waals surface area contributed by atoms with Gasteiger partial charge in [-0.15, -0.1) is 0 Å². The predicted molar refractivity (Wildman–Crippen MR) is 62.9 cm³/mol. The Bertz CT molecular complexity index is 406. The monoisotopic (exact) mass is 259 g/mol. The second kappa shape index (κ2) is 6.43. The molecule has 1 rings (SSSR count). The molecule has 94 valence electrons. The summed E-state index contributed by atoms with van der Waals surface area (Å²) in [6.45, 7) is -0.425. The van der Waals surface area contributed by atoms with Gasteiger partial charge in [-0.05, 0) is 5.56 Å². The molecule has 0 fully saturated rings. The number of non-ortho nitro benzene ring substituents is 1. The number of nitro groups is 1. The Kier molecular flexibility index (Phi) is 5.20. The summed E-state index contributed by atoms with van der Waals surface area (Å²) in [7, 11) is -1.30. The third-order valence-corrected chi connectivity index (χ3v) is 3.48. The number of benzene rings is 1. The van der Waals surface area contributed by atoms with E-state index < -0.39 is 28.4 Å². The molecule has 0 aliphatic heterocycles. The maximum absolute atomic E-state index is 11.5. The molecule has 0 bridgehead atoms. The molecule has 0 saturated carbocycles. The number of hydrogen-bond acceptors (Lipinski definition) is 5. The molecular weight excluding hydrogens is 246 g/mol. The molecule has 0 heterocycles. The molecule has 2 unspecified atom stereocenters. The van der Waals surface area contributed by atoms with Crippen molar-refractivity contribution in [1.82, 2.24) is 0 Å². The molecule has 2 atom stereocenters. The molecule has 6 nitrogen and oxygen atoms in total. The van der Waals surface area contributed by atoms with Crippen molar-refractivity contribution >= 4 is 16.5 Å². The lowest BCUT2D eigenvalue weighted by Crippen LogP contribution is -2.21. The van der Waals surface area contributed by atoms with Gasteiger partial charge in [0, 0.05) is 28.7 Å². The van der Waals surface area contributed by atoms with Crippen molar-refractivity contribution in [2.45, 2.75) is 11.9 Å². The van der Waals surface area contributed by atoms with Crippen LogP contribution in [0, 0.1) is 10.1 Å². The molecule has 0 aromatic heterocycles. The Labute approximate surface area is 101 Å². The Hall–Kier alpha value is -1.31. The van der Waals surface area contributed by atoms with Crippen LogP contribution in [0.25, 0.3) is 0 Å². The van der Waals surface area contributed by atoms with Crippen LogP contribution >= 0.6 is 0 Å². The second-order valence-corrected chi connectivity index (χ2v) is 5.01. The molecule has 0 aliphatic carbocycles. The summed E-state index contributed by atoms with van der Waals surface area (Å²) >= 11 is 0. The molecule has 17 heavy (non-hydrogen) atoms. The van der Waals surface area contributed by atoms with Gasteiger partial charge < -0.3 is 10.2 Å². The smallest absolute Gasteiger partial charge is 0.269 e. The highest BCUT2D eigenvalue weighted by Crippen LogP contribution is 2.13. The van der Waals surface area contributed by atoms with Crippen LogP contribution in [-0.4, -0.2) is 37.8 Å². The van der Waals surface area contributed by atoms with Crippen molar-refractivity contribution in [3.05, 3.63) is 39.9 Å². The summed E-state index contributed by atoms with van der Waals surface area (Å²) in [4.78, 5) is 9.90. The highest BCUT2D eigenvalue weighted by Gasteiger charge is 2.10. The van der Waals surface area contributed by atoms with Gasteiger partial charge in [0.2, 0.25) is 0 Å². The van der Waals surface area contributed by atoms with E-state index in [2.05, 4.69) is 0 Å². The molecular formula is C10H13NO5S. The lowest BCUT2D eigenvalue weighted by molar-refractivity contribution is -0.384.